The number of nitrogens with one attached hydrogen (secondary N) is 1. The second-order valence-corrected chi connectivity index (χ2v) is 4.69. The van der Waals surface area contributed by atoms with E-state index in [9.17, 15) is 4.79 Å². The normalized spacial score (nSPS) is 25.3. The molecule has 0 radical (unpaired) electrons. The Morgan fingerprint density at radius 2 is 2.13 bits per heavy atom. The van der Waals surface area contributed by atoms with E-state index in [0.29, 0.717) is 5.92 Å². The number of carbonyl (C=O) groups excluding carboxylic acids is 1. The molecule has 4 nitrogen and oxygen atoms in total. The largest absolute Gasteiger partial charge is 0.381 e. The summed E-state index contributed by atoms with van der Waals surface area (Å²) in [7, 11) is 0. The summed E-state index contributed by atoms with van der Waals surface area (Å²) in [5.41, 5.74) is 5.76. The molecule has 4 heteroatoms. The Bertz CT molecular complexity index is 213. The molecule has 1 heterocycles. The summed E-state index contributed by atoms with van der Waals surface area (Å²) in [5, 5.41) is 2.96. The molecule has 1 aliphatic rings. The van der Waals surface area contributed by atoms with Crippen LogP contribution < -0.4 is 11.1 Å². The van der Waals surface area contributed by atoms with E-state index in [1.165, 1.54) is 0 Å². The number of hydrogen-bond acceptors (Lipinski definition) is 3. The Morgan fingerprint density at radius 3 is 2.60 bits per heavy atom. The number of rotatable bonds is 4. The maximum absolute atomic E-state index is 11.7. The smallest absolute Gasteiger partial charge is 0.237 e. The van der Waals surface area contributed by atoms with Crippen LogP contribution in [0.25, 0.3) is 0 Å². The molecular weight excluding hydrogens is 192 g/mol. The molecule has 3 N–H and O–H groups in total. The molecule has 0 aromatic carbocycles. The van der Waals surface area contributed by atoms with Gasteiger partial charge in [-0.2, -0.15) is 0 Å². The summed E-state index contributed by atoms with van der Waals surface area (Å²) in [6.07, 6.45) is 1.03. The second kappa shape index (κ2) is 5.47. The fourth-order valence-corrected chi connectivity index (χ4v) is 1.69. The lowest BCUT2D eigenvalue weighted by molar-refractivity contribution is -0.124. The van der Waals surface area contributed by atoms with Crippen LogP contribution >= 0.6 is 0 Å². The van der Waals surface area contributed by atoms with E-state index >= 15 is 0 Å². The van der Waals surface area contributed by atoms with Crippen molar-refractivity contribution in [2.45, 2.75) is 39.3 Å². The van der Waals surface area contributed by atoms with Crippen LogP contribution in [0, 0.1) is 11.8 Å². The van der Waals surface area contributed by atoms with Crippen LogP contribution in [-0.4, -0.2) is 31.2 Å². The Morgan fingerprint density at radius 1 is 1.47 bits per heavy atom. The first-order valence-corrected chi connectivity index (χ1v) is 5.66. The monoisotopic (exact) mass is 214 g/mol. The van der Waals surface area contributed by atoms with Crippen molar-refractivity contribution >= 4 is 5.91 Å². The molecule has 3 unspecified atom stereocenters. The summed E-state index contributed by atoms with van der Waals surface area (Å²) >= 11 is 0. The van der Waals surface area contributed by atoms with Crippen LogP contribution in [0.5, 0.6) is 0 Å². The van der Waals surface area contributed by atoms with Crippen LogP contribution in [0.4, 0.5) is 0 Å². The predicted molar refractivity (Wildman–Crippen MR) is 59.3 cm³/mol. The van der Waals surface area contributed by atoms with E-state index in [1.807, 2.05) is 20.8 Å². The van der Waals surface area contributed by atoms with Crippen LogP contribution in [-0.2, 0) is 9.53 Å². The molecule has 1 saturated heterocycles. The van der Waals surface area contributed by atoms with Gasteiger partial charge in [0, 0.05) is 18.6 Å². The SMILES string of the molecule is CC(C)C(N)C(=O)NC(C)C1CCOC1. The number of ether oxygens (including phenoxy) is 1. The van der Waals surface area contributed by atoms with Crippen molar-refractivity contribution in [3.05, 3.63) is 0 Å². The lowest BCUT2D eigenvalue weighted by Gasteiger charge is -2.22. The first-order chi connectivity index (χ1) is 7.02. The molecule has 3 atom stereocenters. The summed E-state index contributed by atoms with van der Waals surface area (Å²) in [5.74, 6) is 0.565. The van der Waals surface area contributed by atoms with Crippen molar-refractivity contribution in [1.29, 1.82) is 0 Å². The van der Waals surface area contributed by atoms with Crippen LogP contribution in [0.2, 0.25) is 0 Å². The number of nitrogens with two attached hydrogens (primary N) is 1. The minimum atomic E-state index is -0.408. The Balaban J connectivity index is 2.36. The molecule has 0 bridgehead atoms. The van der Waals surface area contributed by atoms with Gasteiger partial charge < -0.3 is 15.8 Å². The molecule has 1 amide bonds. The molecule has 0 spiro atoms. The molecule has 15 heavy (non-hydrogen) atoms. The Labute approximate surface area is 91.5 Å². The zero-order valence-electron chi connectivity index (χ0n) is 9.82. The summed E-state index contributed by atoms with van der Waals surface area (Å²) in [6.45, 7) is 7.48. The van der Waals surface area contributed by atoms with Gasteiger partial charge in [0.05, 0.1) is 12.6 Å². The fourth-order valence-electron chi connectivity index (χ4n) is 1.69. The zero-order valence-corrected chi connectivity index (χ0v) is 9.82. The van der Waals surface area contributed by atoms with E-state index in [1.54, 1.807) is 0 Å². The first-order valence-electron chi connectivity index (χ1n) is 5.66. The molecule has 1 aliphatic heterocycles. The molecule has 1 fully saturated rings. The third kappa shape index (κ3) is 3.47. The number of amides is 1. The minimum absolute atomic E-state index is 0.0515. The van der Waals surface area contributed by atoms with Gasteiger partial charge in [-0.15, -0.1) is 0 Å². The standard InChI is InChI=1S/C11H22N2O2/c1-7(2)10(12)11(14)13-8(3)9-4-5-15-6-9/h7-10H,4-6,12H2,1-3H3,(H,13,14). The van der Waals surface area contributed by atoms with Crippen molar-refractivity contribution in [3.8, 4) is 0 Å². The minimum Gasteiger partial charge on any atom is -0.381 e. The lowest BCUT2D eigenvalue weighted by Crippen LogP contribution is -2.49. The molecule has 1 rings (SSSR count). The number of hydrogen-bond donors (Lipinski definition) is 2. The number of carbonyl (C=O) groups is 1. The maximum Gasteiger partial charge on any atom is 0.237 e. The van der Waals surface area contributed by atoms with E-state index in [2.05, 4.69) is 5.32 Å². The Hall–Kier alpha value is -0.610. The average molecular weight is 214 g/mol. The highest BCUT2D eigenvalue weighted by atomic mass is 16.5. The molecule has 88 valence electrons. The molecule has 0 aromatic rings. The molecular formula is C11H22N2O2. The van der Waals surface area contributed by atoms with Gasteiger partial charge in [-0.1, -0.05) is 13.8 Å². The highest BCUT2D eigenvalue weighted by Crippen LogP contribution is 2.16. The topological polar surface area (TPSA) is 64.4 Å². The van der Waals surface area contributed by atoms with Crippen molar-refractivity contribution in [2.75, 3.05) is 13.2 Å². The van der Waals surface area contributed by atoms with Gasteiger partial charge in [0.15, 0.2) is 0 Å². The van der Waals surface area contributed by atoms with Gasteiger partial charge in [0.2, 0.25) is 5.91 Å². The summed E-state index contributed by atoms with van der Waals surface area (Å²) < 4.78 is 5.29. The van der Waals surface area contributed by atoms with E-state index in [-0.39, 0.29) is 17.9 Å². The highest BCUT2D eigenvalue weighted by molar-refractivity contribution is 5.81. The van der Waals surface area contributed by atoms with Crippen molar-refractivity contribution in [1.82, 2.24) is 5.32 Å². The van der Waals surface area contributed by atoms with Crippen molar-refractivity contribution in [2.24, 2.45) is 17.6 Å². The zero-order chi connectivity index (χ0) is 11.4. The van der Waals surface area contributed by atoms with Crippen LogP contribution in [0.15, 0.2) is 0 Å². The second-order valence-electron chi connectivity index (χ2n) is 4.69. The van der Waals surface area contributed by atoms with E-state index < -0.39 is 6.04 Å². The van der Waals surface area contributed by atoms with Gasteiger partial charge >= 0.3 is 0 Å². The van der Waals surface area contributed by atoms with Gasteiger partial charge in [-0.05, 0) is 19.3 Å². The molecule has 0 aliphatic carbocycles. The van der Waals surface area contributed by atoms with Gasteiger partial charge in [0.25, 0.3) is 0 Å². The quantitative estimate of drug-likeness (QED) is 0.716. The van der Waals surface area contributed by atoms with Crippen molar-refractivity contribution in [3.63, 3.8) is 0 Å². The summed E-state index contributed by atoms with van der Waals surface area (Å²) in [4.78, 5) is 11.7. The predicted octanol–water partition coefficient (Wildman–Crippen LogP) is 0.511. The maximum atomic E-state index is 11.7. The molecule has 0 aromatic heterocycles. The Kier molecular flexibility index (Phi) is 4.54. The third-order valence-electron chi connectivity index (χ3n) is 3.06. The van der Waals surface area contributed by atoms with Gasteiger partial charge in [0.1, 0.15) is 0 Å². The fraction of sp³-hybridized carbons (Fsp3) is 0.909. The highest BCUT2D eigenvalue weighted by Gasteiger charge is 2.26. The molecule has 0 saturated carbocycles. The third-order valence-corrected chi connectivity index (χ3v) is 3.06. The summed E-state index contributed by atoms with van der Waals surface area (Å²) in [6, 6.07) is -0.250. The van der Waals surface area contributed by atoms with Gasteiger partial charge in [-0.3, -0.25) is 4.79 Å². The van der Waals surface area contributed by atoms with Crippen molar-refractivity contribution < 1.29 is 9.53 Å². The van der Waals surface area contributed by atoms with E-state index in [0.717, 1.165) is 19.6 Å². The average Bonchev–Trinajstić information content (AvgIpc) is 2.68. The lowest BCUT2D eigenvalue weighted by atomic mass is 9.99. The van der Waals surface area contributed by atoms with Gasteiger partial charge in [-0.25, -0.2) is 0 Å². The van der Waals surface area contributed by atoms with E-state index in [4.69, 9.17) is 10.5 Å². The van der Waals surface area contributed by atoms with Crippen LogP contribution in [0.1, 0.15) is 27.2 Å². The first kappa shape index (κ1) is 12.5. The van der Waals surface area contributed by atoms with Crippen LogP contribution in [0.3, 0.4) is 0 Å².